The Morgan fingerprint density at radius 3 is 2.57 bits per heavy atom. The monoisotopic (exact) mass is 317 g/mol. The molecule has 4 nitrogen and oxygen atoms in total. The van der Waals surface area contributed by atoms with Gasteiger partial charge in [-0.3, -0.25) is 9.59 Å². The second-order valence-corrected chi connectivity index (χ2v) is 6.04. The lowest BCUT2D eigenvalue weighted by atomic mass is 9.95. The van der Waals surface area contributed by atoms with E-state index in [-0.39, 0.29) is 11.7 Å². The minimum absolute atomic E-state index is 0.139. The van der Waals surface area contributed by atoms with Crippen LogP contribution in [0.4, 0.5) is 0 Å². The van der Waals surface area contributed by atoms with Crippen LogP contribution in [0.1, 0.15) is 54.6 Å². The normalized spacial score (nSPS) is 14.8. The molecular formula is C19H27NO3. The van der Waals surface area contributed by atoms with Crippen LogP contribution in [0.15, 0.2) is 18.2 Å². The summed E-state index contributed by atoms with van der Waals surface area (Å²) in [4.78, 5) is 26.5. The van der Waals surface area contributed by atoms with Crippen molar-refractivity contribution in [1.29, 1.82) is 0 Å². The SMILES string of the molecule is CCCCC(=O)c1ccc(CC(=O)N2CCOCC2)cc1CC. The van der Waals surface area contributed by atoms with Crippen molar-refractivity contribution in [2.24, 2.45) is 0 Å². The van der Waals surface area contributed by atoms with Gasteiger partial charge in [-0.25, -0.2) is 0 Å². The maximum Gasteiger partial charge on any atom is 0.227 e. The van der Waals surface area contributed by atoms with Gasteiger partial charge in [-0.15, -0.1) is 0 Å². The van der Waals surface area contributed by atoms with E-state index in [1.807, 2.05) is 23.1 Å². The predicted molar refractivity (Wildman–Crippen MR) is 90.8 cm³/mol. The maximum absolute atomic E-state index is 12.3. The molecule has 4 heteroatoms. The number of rotatable bonds is 7. The minimum atomic E-state index is 0.139. The first-order chi connectivity index (χ1) is 11.2. The summed E-state index contributed by atoms with van der Waals surface area (Å²) in [5, 5.41) is 0. The van der Waals surface area contributed by atoms with Crippen LogP contribution in [0.2, 0.25) is 0 Å². The second kappa shape index (κ2) is 8.82. The number of carbonyl (C=O) groups is 2. The summed E-state index contributed by atoms with van der Waals surface area (Å²) < 4.78 is 5.28. The Morgan fingerprint density at radius 1 is 1.17 bits per heavy atom. The Bertz CT molecular complexity index is 548. The number of unbranched alkanes of at least 4 members (excludes halogenated alkanes) is 1. The summed E-state index contributed by atoms with van der Waals surface area (Å²) >= 11 is 0. The molecule has 0 atom stereocenters. The third-order valence-corrected chi connectivity index (χ3v) is 4.33. The van der Waals surface area contributed by atoms with E-state index in [9.17, 15) is 9.59 Å². The van der Waals surface area contributed by atoms with E-state index in [0.717, 1.165) is 36.0 Å². The fourth-order valence-electron chi connectivity index (χ4n) is 2.89. The Kier molecular flexibility index (Phi) is 6.78. The molecule has 1 fully saturated rings. The van der Waals surface area contributed by atoms with Crippen LogP contribution in [0.25, 0.3) is 0 Å². The first kappa shape index (κ1) is 17.7. The number of benzene rings is 1. The lowest BCUT2D eigenvalue weighted by molar-refractivity contribution is -0.134. The van der Waals surface area contributed by atoms with Crippen molar-refractivity contribution in [2.45, 2.75) is 46.0 Å². The van der Waals surface area contributed by atoms with Gasteiger partial charge in [-0.1, -0.05) is 38.5 Å². The van der Waals surface area contributed by atoms with Crippen molar-refractivity contribution < 1.29 is 14.3 Å². The molecule has 0 radical (unpaired) electrons. The molecule has 1 aliphatic heterocycles. The number of hydrogen-bond acceptors (Lipinski definition) is 3. The first-order valence-corrected chi connectivity index (χ1v) is 8.66. The molecule has 0 aromatic heterocycles. The van der Waals surface area contributed by atoms with Crippen molar-refractivity contribution in [2.75, 3.05) is 26.3 Å². The highest BCUT2D eigenvalue weighted by atomic mass is 16.5. The number of amides is 1. The quantitative estimate of drug-likeness (QED) is 0.726. The molecule has 0 saturated carbocycles. The average Bonchev–Trinajstić information content (AvgIpc) is 2.60. The topological polar surface area (TPSA) is 46.6 Å². The van der Waals surface area contributed by atoms with Crippen molar-refractivity contribution in [1.82, 2.24) is 4.90 Å². The van der Waals surface area contributed by atoms with Gasteiger partial charge < -0.3 is 9.64 Å². The molecule has 1 aromatic carbocycles. The number of aryl methyl sites for hydroxylation is 1. The number of nitrogens with zero attached hydrogens (tertiary/aromatic N) is 1. The maximum atomic E-state index is 12.3. The molecule has 1 saturated heterocycles. The van der Waals surface area contributed by atoms with Crippen LogP contribution in [-0.4, -0.2) is 42.9 Å². The summed E-state index contributed by atoms with van der Waals surface area (Å²) in [6.07, 6.45) is 3.78. The third-order valence-electron chi connectivity index (χ3n) is 4.33. The highest BCUT2D eigenvalue weighted by molar-refractivity contribution is 5.97. The summed E-state index contributed by atoms with van der Waals surface area (Å²) in [7, 11) is 0. The van der Waals surface area contributed by atoms with Crippen LogP contribution in [-0.2, 0) is 22.4 Å². The third kappa shape index (κ3) is 4.90. The van der Waals surface area contributed by atoms with Crippen molar-refractivity contribution in [3.05, 3.63) is 34.9 Å². The Hall–Kier alpha value is -1.68. The molecule has 0 unspecified atom stereocenters. The highest BCUT2D eigenvalue weighted by Gasteiger charge is 2.18. The van der Waals surface area contributed by atoms with Gasteiger partial charge in [0, 0.05) is 25.1 Å². The standard InChI is InChI=1S/C19H27NO3/c1-3-5-6-18(21)17-8-7-15(13-16(17)4-2)14-19(22)20-9-11-23-12-10-20/h7-8,13H,3-6,9-12,14H2,1-2H3. The summed E-state index contributed by atoms with van der Waals surface area (Å²) in [5.74, 6) is 0.357. The van der Waals surface area contributed by atoms with E-state index in [0.29, 0.717) is 39.1 Å². The fourth-order valence-corrected chi connectivity index (χ4v) is 2.89. The van der Waals surface area contributed by atoms with E-state index >= 15 is 0 Å². The first-order valence-electron chi connectivity index (χ1n) is 8.66. The van der Waals surface area contributed by atoms with Crippen LogP contribution in [0, 0.1) is 0 Å². The van der Waals surface area contributed by atoms with Crippen LogP contribution in [0.5, 0.6) is 0 Å². The summed E-state index contributed by atoms with van der Waals surface area (Å²) in [6, 6.07) is 5.85. The van der Waals surface area contributed by atoms with E-state index in [1.165, 1.54) is 0 Å². The smallest absolute Gasteiger partial charge is 0.227 e. The molecule has 1 aromatic rings. The van der Waals surface area contributed by atoms with Crippen molar-refractivity contribution in [3.8, 4) is 0 Å². The van der Waals surface area contributed by atoms with E-state index in [1.54, 1.807) is 0 Å². The Labute approximate surface area is 138 Å². The minimum Gasteiger partial charge on any atom is -0.378 e. The molecule has 0 aliphatic carbocycles. The molecule has 1 aliphatic rings. The lowest BCUT2D eigenvalue weighted by Gasteiger charge is -2.27. The molecule has 0 spiro atoms. The molecule has 126 valence electrons. The number of carbonyl (C=O) groups excluding carboxylic acids is 2. The molecule has 0 N–H and O–H groups in total. The number of ether oxygens (including phenoxy) is 1. The van der Waals surface area contributed by atoms with E-state index < -0.39 is 0 Å². The highest BCUT2D eigenvalue weighted by Crippen LogP contribution is 2.17. The average molecular weight is 317 g/mol. The summed E-state index contributed by atoms with van der Waals surface area (Å²) in [6.45, 7) is 6.74. The van der Waals surface area contributed by atoms with Crippen LogP contribution in [0.3, 0.4) is 0 Å². The molecule has 0 bridgehead atoms. The lowest BCUT2D eigenvalue weighted by Crippen LogP contribution is -2.41. The second-order valence-electron chi connectivity index (χ2n) is 6.04. The molecule has 1 amide bonds. The fraction of sp³-hybridized carbons (Fsp3) is 0.579. The largest absolute Gasteiger partial charge is 0.378 e. The molecule has 2 rings (SSSR count). The van der Waals surface area contributed by atoms with Crippen LogP contribution < -0.4 is 0 Å². The number of Topliss-reactive ketones (excluding diaryl/α,β-unsaturated/α-hetero) is 1. The zero-order chi connectivity index (χ0) is 16.7. The number of hydrogen-bond donors (Lipinski definition) is 0. The predicted octanol–water partition coefficient (Wildman–Crippen LogP) is 3.02. The number of ketones is 1. The Morgan fingerprint density at radius 2 is 1.91 bits per heavy atom. The van der Waals surface area contributed by atoms with Gasteiger partial charge in [0.15, 0.2) is 5.78 Å². The summed E-state index contributed by atoms with van der Waals surface area (Å²) in [5.41, 5.74) is 2.87. The van der Waals surface area contributed by atoms with Gasteiger partial charge >= 0.3 is 0 Å². The van der Waals surface area contributed by atoms with Gasteiger partial charge in [-0.05, 0) is 24.0 Å². The van der Waals surface area contributed by atoms with Gasteiger partial charge in [0.2, 0.25) is 5.91 Å². The molecule has 1 heterocycles. The Balaban J connectivity index is 2.05. The van der Waals surface area contributed by atoms with E-state index in [4.69, 9.17) is 4.74 Å². The van der Waals surface area contributed by atoms with Crippen LogP contribution >= 0.6 is 0 Å². The molecule has 23 heavy (non-hydrogen) atoms. The van der Waals surface area contributed by atoms with Crippen molar-refractivity contribution >= 4 is 11.7 Å². The zero-order valence-electron chi connectivity index (χ0n) is 14.3. The number of morpholine rings is 1. The van der Waals surface area contributed by atoms with E-state index in [2.05, 4.69) is 13.8 Å². The van der Waals surface area contributed by atoms with Gasteiger partial charge in [0.25, 0.3) is 0 Å². The van der Waals surface area contributed by atoms with Gasteiger partial charge in [-0.2, -0.15) is 0 Å². The van der Waals surface area contributed by atoms with Crippen molar-refractivity contribution in [3.63, 3.8) is 0 Å². The van der Waals surface area contributed by atoms with Gasteiger partial charge in [0.05, 0.1) is 19.6 Å². The molecular weight excluding hydrogens is 290 g/mol. The van der Waals surface area contributed by atoms with Gasteiger partial charge in [0.1, 0.15) is 0 Å². The zero-order valence-corrected chi connectivity index (χ0v) is 14.3.